The number of hydrogen-bond donors (Lipinski definition) is 0. The van der Waals surface area contributed by atoms with Gasteiger partial charge in [0.15, 0.2) is 0 Å². The van der Waals surface area contributed by atoms with Crippen molar-refractivity contribution in [3.8, 4) is 56.6 Å². The molecule has 7 heteroatoms. The van der Waals surface area contributed by atoms with Crippen LogP contribution in [0.5, 0.6) is 11.5 Å². The summed E-state index contributed by atoms with van der Waals surface area (Å²) in [6.45, 7) is 0. The minimum absolute atomic E-state index is 0.713. The lowest BCUT2D eigenvalue weighted by atomic mass is 9.96. The van der Waals surface area contributed by atoms with Gasteiger partial charge < -0.3 is 13.9 Å². The van der Waals surface area contributed by atoms with Gasteiger partial charge in [-0.1, -0.05) is 146 Å². The number of aromatic nitrogens is 6. The maximum absolute atomic E-state index is 6.89. The lowest BCUT2D eigenvalue weighted by Gasteiger charge is -2.16. The van der Waals surface area contributed by atoms with Crippen LogP contribution in [0.4, 0.5) is 0 Å². The average Bonchev–Trinajstić information content (AvgIpc) is 4.20. The summed E-state index contributed by atoms with van der Waals surface area (Å²) in [4.78, 5) is 5.05. The molecule has 0 fully saturated rings. The number of ether oxygens (including phenoxy) is 1. The summed E-state index contributed by atoms with van der Waals surface area (Å²) >= 11 is 0. The lowest BCUT2D eigenvalue weighted by Crippen LogP contribution is -2.28. The molecule has 0 aliphatic heterocycles. The predicted octanol–water partition coefficient (Wildman–Crippen LogP) is 14.9. The van der Waals surface area contributed by atoms with Gasteiger partial charge in [0.05, 0.1) is 39.0 Å². The monoisotopic (exact) mass is 898 g/mol. The van der Waals surface area contributed by atoms with Crippen molar-refractivity contribution in [2.24, 2.45) is 7.05 Å². The summed E-state index contributed by atoms with van der Waals surface area (Å²) in [7, 11) is 2.21. The van der Waals surface area contributed by atoms with E-state index >= 15 is 0 Å². The molecule has 330 valence electrons. The van der Waals surface area contributed by atoms with Crippen LogP contribution in [-0.2, 0) is 7.05 Å². The molecule has 0 aliphatic carbocycles. The van der Waals surface area contributed by atoms with Crippen LogP contribution >= 0.6 is 0 Å². The molecule has 0 amide bonds. The third-order valence-electron chi connectivity index (χ3n) is 13.9. The van der Waals surface area contributed by atoms with Gasteiger partial charge in [-0.15, -0.1) is 0 Å². The lowest BCUT2D eigenvalue weighted by molar-refractivity contribution is -0.599. The first-order chi connectivity index (χ1) is 34.7. The van der Waals surface area contributed by atoms with Gasteiger partial charge in [0.2, 0.25) is 0 Å². The maximum Gasteiger partial charge on any atom is 0.268 e. The molecule has 0 radical (unpaired) electrons. The van der Waals surface area contributed by atoms with Crippen molar-refractivity contribution in [3.05, 3.63) is 243 Å². The Labute approximate surface area is 403 Å². The van der Waals surface area contributed by atoms with Gasteiger partial charge in [0, 0.05) is 75.2 Å². The van der Waals surface area contributed by atoms with Crippen LogP contribution in [0.1, 0.15) is 0 Å². The van der Waals surface area contributed by atoms with Crippen molar-refractivity contribution in [2.45, 2.75) is 0 Å². The van der Waals surface area contributed by atoms with Crippen molar-refractivity contribution in [1.29, 1.82) is 0 Å². The molecule has 0 saturated heterocycles. The Balaban J connectivity index is 0.954. The summed E-state index contributed by atoms with van der Waals surface area (Å²) in [5.74, 6) is 2.27. The highest BCUT2D eigenvalue weighted by atomic mass is 16.5. The van der Waals surface area contributed by atoms with Crippen LogP contribution in [0.15, 0.2) is 237 Å². The van der Waals surface area contributed by atoms with E-state index in [0.717, 1.165) is 78.3 Å². The van der Waals surface area contributed by atoms with Gasteiger partial charge in [-0.25, -0.2) is 4.98 Å². The largest absolute Gasteiger partial charge is 0.458 e. The van der Waals surface area contributed by atoms with Gasteiger partial charge in [-0.2, -0.15) is 0 Å². The highest BCUT2D eigenvalue weighted by molar-refractivity contribution is 6.40. The second-order valence-electron chi connectivity index (χ2n) is 17.8. The Morgan fingerprint density at radius 1 is 0.471 bits per heavy atom. The first-order valence-electron chi connectivity index (χ1n) is 23.6. The number of benzene rings is 9. The van der Waals surface area contributed by atoms with E-state index < -0.39 is 0 Å². The maximum atomic E-state index is 6.89. The summed E-state index contributed by atoms with van der Waals surface area (Å²) < 4.78 is 18.2. The van der Waals surface area contributed by atoms with E-state index in [9.17, 15) is 0 Å². The molecule has 70 heavy (non-hydrogen) atoms. The van der Waals surface area contributed by atoms with Crippen molar-refractivity contribution < 1.29 is 9.30 Å². The molecule has 0 saturated carbocycles. The summed E-state index contributed by atoms with van der Waals surface area (Å²) in [5, 5.41) is 7.08. The van der Waals surface area contributed by atoms with Crippen molar-refractivity contribution >= 4 is 65.4 Å². The zero-order valence-electron chi connectivity index (χ0n) is 38.1. The van der Waals surface area contributed by atoms with Crippen LogP contribution < -0.4 is 9.30 Å². The molecule has 5 aromatic heterocycles. The third-order valence-corrected chi connectivity index (χ3v) is 13.9. The molecule has 0 unspecified atom stereocenters. The highest BCUT2D eigenvalue weighted by Gasteiger charge is 2.28. The van der Waals surface area contributed by atoms with Crippen LogP contribution in [-0.4, -0.2) is 23.3 Å². The smallest absolute Gasteiger partial charge is 0.268 e. The number of para-hydroxylation sites is 4. The average molecular weight is 899 g/mol. The van der Waals surface area contributed by atoms with Gasteiger partial charge >= 0.3 is 0 Å². The Bertz CT molecular complexity index is 4260. The van der Waals surface area contributed by atoms with E-state index in [1.165, 1.54) is 38.0 Å². The number of pyridine rings is 1. The number of aryl methyl sites for hydroxylation is 1. The fourth-order valence-corrected chi connectivity index (χ4v) is 10.9. The molecular formula is C63H42N6O. The van der Waals surface area contributed by atoms with E-state index in [4.69, 9.17) is 9.72 Å². The van der Waals surface area contributed by atoms with Crippen molar-refractivity contribution in [3.63, 3.8) is 0 Å². The fraction of sp³-hybridized carbons (Fsp3) is 0.0159. The highest BCUT2D eigenvalue weighted by Crippen LogP contribution is 2.50. The summed E-state index contributed by atoms with van der Waals surface area (Å²) in [5.41, 5.74) is 14.4. The topological polar surface area (TPSA) is 45.7 Å². The minimum Gasteiger partial charge on any atom is -0.458 e. The summed E-state index contributed by atoms with van der Waals surface area (Å²) in [6.07, 6.45) is 9.66. The predicted molar refractivity (Wildman–Crippen MR) is 284 cm³/mol. The number of nitrogens with zero attached hydrogens (tertiary/aromatic N) is 6. The first-order valence-corrected chi connectivity index (χ1v) is 23.6. The molecule has 7 nitrogen and oxygen atoms in total. The normalized spacial score (nSPS) is 11.8. The number of imidazole rings is 1. The Hall–Kier alpha value is -9.46. The van der Waals surface area contributed by atoms with Crippen molar-refractivity contribution in [1.82, 2.24) is 23.3 Å². The zero-order valence-corrected chi connectivity index (χ0v) is 38.1. The number of fused-ring (bicyclic) bond motifs is 12. The van der Waals surface area contributed by atoms with E-state index in [2.05, 4.69) is 244 Å². The van der Waals surface area contributed by atoms with E-state index in [0.29, 0.717) is 5.75 Å². The standard InChI is InChI=1S/C63H42N6O/c1-65-53-31-13-11-27-50(53)58-57-52-35-34-47(40-55(52)69(56-33-15-16-36-64-56)61(57)59-51-28-12-14-32-54(51)68(63(59)62(58)65)44-23-9-4-10-24-44)70-46-26-17-25-45(39-46)66-37-38-67(41-66)60-48(42-19-5-2-6-20-42)29-18-30-49(60)43-21-7-3-8-22-43/h2-40H,1H3. The van der Waals surface area contributed by atoms with Crippen molar-refractivity contribution in [2.75, 3.05) is 0 Å². The van der Waals surface area contributed by atoms with Crippen LogP contribution in [0.2, 0.25) is 0 Å². The van der Waals surface area contributed by atoms with Gasteiger partial charge in [0.25, 0.3) is 6.33 Å². The van der Waals surface area contributed by atoms with Gasteiger partial charge in [-0.3, -0.25) is 13.7 Å². The van der Waals surface area contributed by atoms with Gasteiger partial charge in [-0.05, 0) is 89.0 Å². The van der Waals surface area contributed by atoms with Crippen LogP contribution in [0, 0.1) is 6.33 Å². The molecule has 14 rings (SSSR count). The first kappa shape index (κ1) is 39.7. The fourth-order valence-electron chi connectivity index (χ4n) is 10.9. The summed E-state index contributed by atoms with van der Waals surface area (Å²) in [6, 6.07) is 76.8. The van der Waals surface area contributed by atoms with E-state index in [1.807, 2.05) is 29.0 Å². The second kappa shape index (κ2) is 15.8. The zero-order chi connectivity index (χ0) is 46.3. The Morgan fingerprint density at radius 2 is 1.09 bits per heavy atom. The van der Waals surface area contributed by atoms with Crippen LogP contribution in [0.3, 0.4) is 0 Å². The molecule has 0 atom stereocenters. The molecular weight excluding hydrogens is 857 g/mol. The third kappa shape index (κ3) is 6.08. The molecule has 14 aromatic rings. The Morgan fingerprint density at radius 3 is 1.81 bits per heavy atom. The minimum atomic E-state index is 0.713. The molecule has 0 N–H and O–H groups in total. The molecule has 9 aromatic carbocycles. The molecule has 5 heterocycles. The molecule has 0 bridgehead atoms. The second-order valence-corrected chi connectivity index (χ2v) is 17.8. The Kier molecular flexibility index (Phi) is 8.97. The van der Waals surface area contributed by atoms with Gasteiger partial charge in [0.1, 0.15) is 17.3 Å². The van der Waals surface area contributed by atoms with E-state index in [-0.39, 0.29) is 0 Å². The number of hydrogen-bond acceptors (Lipinski definition) is 2. The molecule has 0 aliphatic rings. The quantitative estimate of drug-likeness (QED) is 0.113. The van der Waals surface area contributed by atoms with E-state index in [1.54, 1.807) is 0 Å². The van der Waals surface area contributed by atoms with Crippen LogP contribution in [0.25, 0.3) is 111 Å². The molecule has 0 spiro atoms. The number of rotatable bonds is 8. The SMILES string of the molecule is Cn1c2ccccc2c2c3c4ccc(Oc5cccc(-[n+]6[c-]n(-c7c(-c8ccccc8)cccc7-c7ccccc7)cc6)c5)cc4n(-c4ccccn4)c3c3c4ccccc4n(-c4ccccc4)c3c21.